The van der Waals surface area contributed by atoms with Crippen molar-refractivity contribution in [1.29, 1.82) is 0 Å². The summed E-state index contributed by atoms with van der Waals surface area (Å²) in [5.41, 5.74) is 1.58. The third kappa shape index (κ3) is 3.46. The van der Waals surface area contributed by atoms with Gasteiger partial charge in [0.15, 0.2) is 0 Å². The number of piperazine rings is 1. The smallest absolute Gasteiger partial charge is 0.224 e. The zero-order valence-corrected chi connectivity index (χ0v) is 16.8. The van der Waals surface area contributed by atoms with Crippen LogP contribution in [0.15, 0.2) is 24.3 Å². The molecular weight excluding hydrogens is 372 g/mol. The lowest BCUT2D eigenvalue weighted by Crippen LogP contribution is -2.43. The van der Waals surface area contributed by atoms with Crippen LogP contribution in [-0.2, 0) is 4.79 Å². The number of pyridine rings is 1. The minimum Gasteiger partial charge on any atom is -0.351 e. The van der Waals surface area contributed by atoms with Crippen molar-refractivity contribution >= 4 is 39.9 Å². The quantitative estimate of drug-likeness (QED) is 0.803. The van der Waals surface area contributed by atoms with Gasteiger partial charge in [0.2, 0.25) is 5.91 Å². The maximum atomic E-state index is 12.6. The number of nitrogens with one attached hydrogen (secondary N) is 2. The first-order valence-corrected chi connectivity index (χ1v) is 10.9. The Bertz CT molecular complexity index is 895. The van der Waals surface area contributed by atoms with E-state index in [4.69, 9.17) is 16.6 Å². The first kappa shape index (κ1) is 18.2. The molecule has 5 nitrogen and oxygen atoms in total. The van der Waals surface area contributed by atoms with Gasteiger partial charge < -0.3 is 15.5 Å². The van der Waals surface area contributed by atoms with Crippen LogP contribution in [0.3, 0.4) is 0 Å². The number of amides is 1. The molecule has 3 aliphatic rings. The molecule has 148 valence electrons. The maximum Gasteiger partial charge on any atom is 0.224 e. The molecule has 3 heterocycles. The van der Waals surface area contributed by atoms with E-state index >= 15 is 0 Å². The zero-order valence-electron chi connectivity index (χ0n) is 16.1. The Kier molecular flexibility index (Phi) is 4.89. The van der Waals surface area contributed by atoms with Gasteiger partial charge in [0.05, 0.1) is 16.2 Å². The van der Waals surface area contributed by atoms with Gasteiger partial charge in [0.1, 0.15) is 5.82 Å². The topological polar surface area (TPSA) is 57.3 Å². The molecule has 1 aromatic heterocycles. The van der Waals surface area contributed by atoms with Crippen LogP contribution in [0.5, 0.6) is 0 Å². The number of halogens is 1. The molecule has 1 saturated carbocycles. The van der Waals surface area contributed by atoms with Crippen molar-refractivity contribution in [3.63, 3.8) is 0 Å². The first-order valence-electron chi connectivity index (χ1n) is 10.6. The van der Waals surface area contributed by atoms with E-state index in [-0.39, 0.29) is 5.91 Å². The molecule has 2 aromatic rings. The third-order valence-electron chi connectivity index (χ3n) is 6.62. The van der Waals surface area contributed by atoms with Gasteiger partial charge in [-0.3, -0.25) is 4.79 Å². The van der Waals surface area contributed by atoms with Crippen LogP contribution in [0, 0.1) is 5.92 Å². The van der Waals surface area contributed by atoms with E-state index in [1.165, 1.54) is 25.7 Å². The Morgan fingerprint density at radius 3 is 2.82 bits per heavy atom. The number of carbonyl (C=O) groups is 1. The van der Waals surface area contributed by atoms with Gasteiger partial charge >= 0.3 is 0 Å². The lowest BCUT2D eigenvalue weighted by Gasteiger charge is -2.28. The predicted octanol–water partition coefficient (Wildman–Crippen LogP) is 4.35. The molecule has 2 aliphatic heterocycles. The molecule has 2 atom stereocenters. The van der Waals surface area contributed by atoms with Gasteiger partial charge in [-0.05, 0) is 49.4 Å². The molecule has 3 fully saturated rings. The van der Waals surface area contributed by atoms with Crippen LogP contribution in [0.25, 0.3) is 10.9 Å². The number of hydrogen-bond donors (Lipinski definition) is 2. The molecule has 5 rings (SSSR count). The Morgan fingerprint density at radius 1 is 1.21 bits per heavy atom. The number of carbonyl (C=O) groups excluding carboxylic acids is 1. The average Bonchev–Trinajstić information content (AvgIpc) is 3.34. The van der Waals surface area contributed by atoms with Crippen LogP contribution in [0.4, 0.5) is 11.5 Å². The number of fused-ring (bicyclic) bond motifs is 3. The summed E-state index contributed by atoms with van der Waals surface area (Å²) in [6.45, 7) is 2.05. The highest BCUT2D eigenvalue weighted by atomic mass is 35.5. The highest BCUT2D eigenvalue weighted by molar-refractivity contribution is 6.35. The van der Waals surface area contributed by atoms with Crippen molar-refractivity contribution in [2.45, 2.75) is 57.0 Å². The Balaban J connectivity index is 1.37. The van der Waals surface area contributed by atoms with Crippen molar-refractivity contribution in [2.75, 3.05) is 23.3 Å². The highest BCUT2D eigenvalue weighted by Crippen LogP contribution is 2.35. The van der Waals surface area contributed by atoms with Crippen molar-refractivity contribution in [2.24, 2.45) is 5.92 Å². The molecule has 2 saturated heterocycles. The van der Waals surface area contributed by atoms with Gasteiger partial charge in [-0.1, -0.05) is 30.9 Å². The minimum absolute atomic E-state index is 0.0632. The van der Waals surface area contributed by atoms with E-state index < -0.39 is 0 Å². The van der Waals surface area contributed by atoms with E-state index in [0.717, 1.165) is 42.7 Å². The number of nitrogens with zero attached hydrogens (tertiary/aromatic N) is 2. The summed E-state index contributed by atoms with van der Waals surface area (Å²) in [5.74, 6) is 1.59. The van der Waals surface area contributed by atoms with E-state index in [1.807, 2.05) is 12.1 Å². The summed E-state index contributed by atoms with van der Waals surface area (Å²) in [5, 5.41) is 8.10. The van der Waals surface area contributed by atoms with E-state index in [9.17, 15) is 4.79 Å². The molecule has 1 aliphatic carbocycles. The van der Waals surface area contributed by atoms with Crippen molar-refractivity contribution in [3.05, 3.63) is 29.3 Å². The SMILES string of the molecule is O=C(CC1CCCCC1)Nc1c(Cl)ccc2nc(N3C[C@H]4C[C@@H]3CN4)ccc12. The Hall–Kier alpha value is -1.85. The predicted molar refractivity (Wildman–Crippen MR) is 114 cm³/mol. The average molecular weight is 399 g/mol. The lowest BCUT2D eigenvalue weighted by atomic mass is 9.87. The molecule has 2 bridgehead atoms. The van der Waals surface area contributed by atoms with E-state index in [2.05, 4.69) is 27.7 Å². The second-order valence-electron chi connectivity index (χ2n) is 8.56. The first-order chi connectivity index (χ1) is 13.7. The van der Waals surface area contributed by atoms with E-state index in [0.29, 0.717) is 35.1 Å². The van der Waals surface area contributed by atoms with Gasteiger partial charge in [0.25, 0.3) is 0 Å². The Labute approximate surface area is 170 Å². The van der Waals surface area contributed by atoms with Crippen molar-refractivity contribution < 1.29 is 4.79 Å². The summed E-state index contributed by atoms with van der Waals surface area (Å²) in [7, 11) is 0. The fourth-order valence-electron chi connectivity index (χ4n) is 5.14. The highest BCUT2D eigenvalue weighted by Gasteiger charge is 2.38. The summed E-state index contributed by atoms with van der Waals surface area (Å²) < 4.78 is 0. The summed E-state index contributed by atoms with van der Waals surface area (Å²) >= 11 is 6.45. The zero-order chi connectivity index (χ0) is 19.1. The van der Waals surface area contributed by atoms with Crippen LogP contribution < -0.4 is 15.5 Å². The van der Waals surface area contributed by atoms with Gasteiger partial charge in [-0.2, -0.15) is 0 Å². The molecule has 1 aromatic carbocycles. The summed E-state index contributed by atoms with van der Waals surface area (Å²) in [6.07, 6.45) is 7.89. The van der Waals surface area contributed by atoms with Crippen LogP contribution in [0.2, 0.25) is 5.02 Å². The molecular formula is C22H27ClN4O. The van der Waals surface area contributed by atoms with E-state index in [1.54, 1.807) is 0 Å². The number of benzene rings is 1. The van der Waals surface area contributed by atoms with Crippen LogP contribution >= 0.6 is 11.6 Å². The van der Waals surface area contributed by atoms with Crippen LogP contribution in [-0.4, -0.2) is 36.1 Å². The molecule has 28 heavy (non-hydrogen) atoms. The second-order valence-corrected chi connectivity index (χ2v) is 8.97. The molecule has 2 N–H and O–H groups in total. The summed E-state index contributed by atoms with van der Waals surface area (Å²) in [4.78, 5) is 19.9. The minimum atomic E-state index is 0.0632. The Morgan fingerprint density at radius 2 is 2.07 bits per heavy atom. The van der Waals surface area contributed by atoms with Gasteiger partial charge in [-0.25, -0.2) is 4.98 Å². The van der Waals surface area contributed by atoms with Crippen molar-refractivity contribution in [1.82, 2.24) is 10.3 Å². The van der Waals surface area contributed by atoms with Gasteiger partial charge in [-0.15, -0.1) is 0 Å². The lowest BCUT2D eigenvalue weighted by molar-refractivity contribution is -0.117. The number of aromatic nitrogens is 1. The largest absolute Gasteiger partial charge is 0.351 e. The van der Waals surface area contributed by atoms with Gasteiger partial charge in [0, 0.05) is 37.0 Å². The molecule has 6 heteroatoms. The third-order valence-corrected chi connectivity index (χ3v) is 6.93. The van der Waals surface area contributed by atoms with Crippen molar-refractivity contribution in [3.8, 4) is 0 Å². The fourth-order valence-corrected chi connectivity index (χ4v) is 5.35. The molecule has 0 radical (unpaired) electrons. The molecule has 1 amide bonds. The summed E-state index contributed by atoms with van der Waals surface area (Å²) in [6, 6.07) is 9.04. The van der Waals surface area contributed by atoms with Crippen LogP contribution in [0.1, 0.15) is 44.9 Å². The molecule has 0 unspecified atom stereocenters. The number of anilines is 2. The number of rotatable bonds is 4. The maximum absolute atomic E-state index is 12.6. The number of hydrogen-bond acceptors (Lipinski definition) is 4. The molecule has 0 spiro atoms. The normalized spacial score (nSPS) is 24.8. The monoisotopic (exact) mass is 398 g/mol. The fraction of sp³-hybridized carbons (Fsp3) is 0.545. The standard InChI is InChI=1S/C22H27ClN4O/c23-18-7-8-19-17(22(18)26-21(28)10-14-4-2-1-3-5-14)6-9-20(25-19)27-13-15-11-16(27)12-24-15/h6-9,14-16,24H,1-5,10-13H2,(H,26,28)/t15-,16-/m1/s1. The second kappa shape index (κ2) is 7.53.